The summed E-state index contributed by atoms with van der Waals surface area (Å²) in [6.07, 6.45) is 3.13. The Labute approximate surface area is 91.7 Å². The molecule has 3 heteroatoms. The first-order chi connectivity index (χ1) is 6.83. The minimum atomic E-state index is -0.429. The van der Waals surface area contributed by atoms with E-state index in [0.29, 0.717) is 13.2 Å². The Balaban J connectivity index is 2.25. The van der Waals surface area contributed by atoms with Crippen molar-refractivity contribution in [3.63, 3.8) is 0 Å². The Morgan fingerprint density at radius 3 is 2.57 bits per heavy atom. The lowest BCUT2D eigenvalue weighted by Gasteiger charge is -2.01. The molecular weight excluding hydrogens is 247 g/mol. The molecular formula is C11H12BrFO. The van der Waals surface area contributed by atoms with Gasteiger partial charge in [0.15, 0.2) is 0 Å². The maximum Gasteiger partial charge on any atom is 0.108 e. The van der Waals surface area contributed by atoms with Gasteiger partial charge in [0.05, 0.1) is 13.2 Å². The van der Waals surface area contributed by atoms with Crippen LogP contribution in [0.15, 0.2) is 40.9 Å². The first-order valence-corrected chi connectivity index (χ1v) is 5.15. The molecule has 0 aliphatic rings. The van der Waals surface area contributed by atoms with Gasteiger partial charge in [-0.15, -0.1) is 0 Å². The van der Waals surface area contributed by atoms with Crippen LogP contribution in [-0.2, 0) is 11.3 Å². The Bertz CT molecular complexity index is 282. The lowest BCUT2D eigenvalue weighted by molar-refractivity contribution is 0.148. The number of hydrogen-bond donors (Lipinski definition) is 0. The van der Waals surface area contributed by atoms with E-state index in [9.17, 15) is 4.39 Å². The van der Waals surface area contributed by atoms with Gasteiger partial charge in [0.1, 0.15) is 6.67 Å². The summed E-state index contributed by atoms with van der Waals surface area (Å²) in [7, 11) is 0. The number of rotatable bonds is 5. The molecule has 1 rings (SSSR count). The molecule has 0 bridgehead atoms. The molecule has 0 aromatic heterocycles. The quantitative estimate of drug-likeness (QED) is 0.581. The molecule has 0 aliphatic heterocycles. The van der Waals surface area contributed by atoms with Crippen LogP contribution >= 0.6 is 15.9 Å². The maximum absolute atomic E-state index is 11.6. The van der Waals surface area contributed by atoms with E-state index in [4.69, 9.17) is 4.74 Å². The van der Waals surface area contributed by atoms with Gasteiger partial charge >= 0.3 is 0 Å². The van der Waals surface area contributed by atoms with Gasteiger partial charge in [-0.2, -0.15) is 0 Å². The first-order valence-electron chi connectivity index (χ1n) is 4.36. The predicted molar refractivity (Wildman–Crippen MR) is 58.9 cm³/mol. The smallest absolute Gasteiger partial charge is 0.108 e. The molecule has 0 amide bonds. The molecule has 1 nitrogen and oxygen atoms in total. The van der Waals surface area contributed by atoms with Crippen molar-refractivity contribution >= 4 is 15.9 Å². The van der Waals surface area contributed by atoms with Crippen molar-refractivity contribution in [3.05, 3.63) is 46.5 Å². The number of benzene rings is 1. The van der Waals surface area contributed by atoms with Gasteiger partial charge in [0.2, 0.25) is 0 Å². The molecule has 0 N–H and O–H groups in total. The van der Waals surface area contributed by atoms with Crippen molar-refractivity contribution in [2.45, 2.75) is 6.61 Å². The zero-order valence-electron chi connectivity index (χ0n) is 7.75. The first kappa shape index (κ1) is 11.4. The van der Waals surface area contributed by atoms with E-state index in [2.05, 4.69) is 15.9 Å². The summed E-state index contributed by atoms with van der Waals surface area (Å²) in [4.78, 5) is 0. The van der Waals surface area contributed by atoms with Gasteiger partial charge in [-0.3, -0.25) is 0 Å². The summed E-state index contributed by atoms with van der Waals surface area (Å²) < 4.78 is 18.0. The lowest BCUT2D eigenvalue weighted by Crippen LogP contribution is -1.92. The van der Waals surface area contributed by atoms with Gasteiger partial charge in [-0.25, -0.2) is 4.39 Å². The summed E-state index contributed by atoms with van der Waals surface area (Å²) in [5, 5.41) is 0. The number of allylic oxidation sites excluding steroid dienone is 1. The summed E-state index contributed by atoms with van der Waals surface area (Å²) in [5.74, 6) is 0. The molecule has 76 valence electrons. The van der Waals surface area contributed by atoms with Gasteiger partial charge in [-0.1, -0.05) is 40.2 Å². The fraction of sp³-hybridized carbons (Fsp3) is 0.273. The molecule has 1 aromatic rings. The van der Waals surface area contributed by atoms with Crippen molar-refractivity contribution in [1.82, 2.24) is 0 Å². The lowest BCUT2D eigenvalue weighted by atomic mass is 10.2. The van der Waals surface area contributed by atoms with Crippen LogP contribution in [0.3, 0.4) is 0 Å². The van der Waals surface area contributed by atoms with E-state index in [-0.39, 0.29) is 0 Å². The predicted octanol–water partition coefficient (Wildman–Crippen LogP) is 3.49. The van der Waals surface area contributed by atoms with Crippen LogP contribution in [-0.4, -0.2) is 13.3 Å². The van der Waals surface area contributed by atoms with Crippen LogP contribution in [0.5, 0.6) is 0 Å². The fourth-order valence-electron chi connectivity index (χ4n) is 0.956. The van der Waals surface area contributed by atoms with E-state index in [1.54, 1.807) is 6.08 Å². The topological polar surface area (TPSA) is 9.23 Å². The molecule has 1 aromatic carbocycles. The highest BCUT2D eigenvalue weighted by molar-refractivity contribution is 9.10. The third-order valence-corrected chi connectivity index (χ3v) is 2.18. The van der Waals surface area contributed by atoms with Gasteiger partial charge in [-0.05, 0) is 17.7 Å². The Morgan fingerprint density at radius 2 is 1.93 bits per heavy atom. The van der Waals surface area contributed by atoms with Crippen LogP contribution in [0.25, 0.3) is 0 Å². The van der Waals surface area contributed by atoms with Gasteiger partial charge < -0.3 is 4.74 Å². The van der Waals surface area contributed by atoms with E-state index in [1.807, 2.05) is 24.3 Å². The zero-order valence-corrected chi connectivity index (χ0v) is 9.34. The van der Waals surface area contributed by atoms with Crippen molar-refractivity contribution in [3.8, 4) is 0 Å². The van der Waals surface area contributed by atoms with Crippen molar-refractivity contribution < 1.29 is 9.13 Å². The van der Waals surface area contributed by atoms with Crippen molar-refractivity contribution in [2.24, 2.45) is 0 Å². The Morgan fingerprint density at radius 1 is 1.21 bits per heavy atom. The molecule has 0 fully saturated rings. The third kappa shape index (κ3) is 4.53. The second kappa shape index (κ2) is 6.74. The highest BCUT2D eigenvalue weighted by Crippen LogP contribution is 2.10. The van der Waals surface area contributed by atoms with E-state index in [0.717, 1.165) is 10.0 Å². The van der Waals surface area contributed by atoms with E-state index >= 15 is 0 Å². The van der Waals surface area contributed by atoms with Crippen LogP contribution in [0.2, 0.25) is 0 Å². The minimum Gasteiger partial charge on any atom is -0.373 e. The SMILES string of the molecule is FC/C=C\COCc1ccc(Br)cc1. The normalized spacial score (nSPS) is 11.0. The van der Waals surface area contributed by atoms with Gasteiger partial charge in [0, 0.05) is 4.47 Å². The summed E-state index contributed by atoms with van der Waals surface area (Å²) in [6, 6.07) is 7.91. The maximum atomic E-state index is 11.6. The highest BCUT2D eigenvalue weighted by atomic mass is 79.9. The number of alkyl halides is 1. The zero-order chi connectivity index (χ0) is 10.2. The van der Waals surface area contributed by atoms with Crippen LogP contribution < -0.4 is 0 Å². The molecule has 0 radical (unpaired) electrons. The molecule has 0 saturated heterocycles. The van der Waals surface area contributed by atoms with Crippen molar-refractivity contribution in [1.29, 1.82) is 0 Å². The number of hydrogen-bond acceptors (Lipinski definition) is 1. The molecule has 0 aliphatic carbocycles. The molecule has 0 heterocycles. The average molecular weight is 259 g/mol. The van der Waals surface area contributed by atoms with Crippen LogP contribution in [0, 0.1) is 0 Å². The van der Waals surface area contributed by atoms with E-state index in [1.165, 1.54) is 6.08 Å². The summed E-state index contributed by atoms with van der Waals surface area (Å²) >= 11 is 3.35. The summed E-state index contributed by atoms with van der Waals surface area (Å²) in [6.45, 7) is 0.589. The monoisotopic (exact) mass is 258 g/mol. The van der Waals surface area contributed by atoms with Crippen LogP contribution in [0.4, 0.5) is 4.39 Å². The fourth-order valence-corrected chi connectivity index (χ4v) is 1.22. The summed E-state index contributed by atoms with van der Waals surface area (Å²) in [5.41, 5.74) is 1.11. The Kier molecular flexibility index (Phi) is 5.49. The molecule has 14 heavy (non-hydrogen) atoms. The minimum absolute atomic E-state index is 0.429. The average Bonchev–Trinajstić information content (AvgIpc) is 2.21. The van der Waals surface area contributed by atoms with Gasteiger partial charge in [0.25, 0.3) is 0 Å². The number of halogens is 2. The van der Waals surface area contributed by atoms with E-state index < -0.39 is 6.67 Å². The largest absolute Gasteiger partial charge is 0.373 e. The second-order valence-electron chi connectivity index (χ2n) is 2.77. The third-order valence-electron chi connectivity index (χ3n) is 1.65. The molecule has 0 atom stereocenters. The molecule has 0 saturated carbocycles. The standard InChI is InChI=1S/C11H12BrFO/c12-11-5-3-10(4-6-11)9-14-8-2-1-7-13/h1-6H,7-9H2/b2-1-. The molecule has 0 unspecified atom stereocenters. The highest BCUT2D eigenvalue weighted by Gasteiger charge is 1.91. The second-order valence-corrected chi connectivity index (χ2v) is 3.68. The van der Waals surface area contributed by atoms with Crippen molar-refractivity contribution in [2.75, 3.05) is 13.3 Å². The number of ether oxygens (including phenoxy) is 1. The Hall–Kier alpha value is -0.670. The van der Waals surface area contributed by atoms with Crippen LogP contribution in [0.1, 0.15) is 5.56 Å². The molecule has 0 spiro atoms.